The van der Waals surface area contributed by atoms with E-state index in [1.165, 1.54) is 10.8 Å². The number of thiazole rings is 1. The molecular weight excluding hydrogens is 743 g/mol. The van der Waals surface area contributed by atoms with Crippen LogP contribution in [-0.4, -0.2) is 24.5 Å². The maximum Gasteiger partial charge on any atom is 0.164 e. The summed E-state index contributed by atoms with van der Waals surface area (Å²) in [5.41, 5.74) is 12.3. The fraction of sp³-hybridized carbons (Fsp3) is 0. The third kappa shape index (κ3) is 5.62. The molecule has 0 bridgehead atoms. The van der Waals surface area contributed by atoms with Crippen LogP contribution in [0.3, 0.4) is 0 Å². The van der Waals surface area contributed by atoms with Crippen molar-refractivity contribution in [2.45, 2.75) is 0 Å². The van der Waals surface area contributed by atoms with Gasteiger partial charge in [-0.1, -0.05) is 121 Å². The Kier molecular flexibility index (Phi) is 7.61. The minimum atomic E-state index is 0.629. The Morgan fingerprint density at radius 1 is 0.407 bits per heavy atom. The van der Waals surface area contributed by atoms with E-state index in [1.807, 2.05) is 72.8 Å². The van der Waals surface area contributed by atoms with Crippen LogP contribution in [0.25, 0.3) is 116 Å². The van der Waals surface area contributed by atoms with Gasteiger partial charge < -0.3 is 8.98 Å². The summed E-state index contributed by atoms with van der Waals surface area (Å²) in [4.78, 5) is 19.8. The molecule has 276 valence electrons. The average molecular weight is 774 g/mol. The Balaban J connectivity index is 0.903. The number of hydrogen-bond acceptors (Lipinski definition) is 6. The lowest BCUT2D eigenvalue weighted by Crippen LogP contribution is -1.99. The van der Waals surface area contributed by atoms with Gasteiger partial charge in [0, 0.05) is 55.0 Å². The first kappa shape index (κ1) is 33.4. The van der Waals surface area contributed by atoms with Crippen LogP contribution >= 0.6 is 11.3 Å². The van der Waals surface area contributed by atoms with E-state index in [2.05, 4.69) is 120 Å². The lowest BCUT2D eigenvalue weighted by atomic mass is 10.0. The Morgan fingerprint density at radius 3 is 1.78 bits per heavy atom. The summed E-state index contributed by atoms with van der Waals surface area (Å²) in [6, 6.07) is 65.2. The highest BCUT2D eigenvalue weighted by Gasteiger charge is 2.18. The quantitative estimate of drug-likeness (QED) is 0.168. The predicted molar refractivity (Wildman–Crippen MR) is 242 cm³/mol. The molecule has 0 aliphatic rings. The fourth-order valence-electron chi connectivity index (χ4n) is 8.27. The van der Waals surface area contributed by atoms with Crippen LogP contribution in [0.1, 0.15) is 0 Å². The molecular formula is C52H31N5OS. The number of furan rings is 1. The van der Waals surface area contributed by atoms with Gasteiger partial charge in [-0.2, -0.15) is 0 Å². The van der Waals surface area contributed by atoms with Crippen LogP contribution in [0.2, 0.25) is 0 Å². The van der Waals surface area contributed by atoms with Crippen molar-refractivity contribution in [1.29, 1.82) is 0 Å². The fourth-order valence-corrected chi connectivity index (χ4v) is 9.28. The Bertz CT molecular complexity index is 3490. The van der Waals surface area contributed by atoms with Crippen molar-refractivity contribution in [2.75, 3.05) is 0 Å². The van der Waals surface area contributed by atoms with E-state index in [4.69, 9.17) is 24.4 Å². The van der Waals surface area contributed by atoms with E-state index in [9.17, 15) is 0 Å². The molecule has 12 rings (SSSR count). The number of aromatic nitrogens is 5. The maximum atomic E-state index is 6.43. The molecule has 6 nitrogen and oxygen atoms in total. The summed E-state index contributed by atoms with van der Waals surface area (Å²) in [5, 5.41) is 5.63. The lowest BCUT2D eigenvalue weighted by Gasteiger charge is -2.09. The molecule has 0 saturated carbocycles. The predicted octanol–water partition coefficient (Wildman–Crippen LogP) is 13.8. The molecule has 0 atom stereocenters. The van der Waals surface area contributed by atoms with Crippen molar-refractivity contribution in [3.63, 3.8) is 0 Å². The summed E-state index contributed by atoms with van der Waals surface area (Å²) in [7, 11) is 0. The van der Waals surface area contributed by atoms with Gasteiger partial charge in [-0.15, -0.1) is 11.3 Å². The molecule has 7 heteroatoms. The minimum absolute atomic E-state index is 0.629. The highest BCUT2D eigenvalue weighted by molar-refractivity contribution is 7.21. The Hall–Kier alpha value is -7.74. The second-order valence-corrected chi connectivity index (χ2v) is 15.7. The van der Waals surface area contributed by atoms with Gasteiger partial charge in [0.2, 0.25) is 0 Å². The molecule has 0 amide bonds. The zero-order chi connectivity index (χ0) is 38.9. The first-order valence-electron chi connectivity index (χ1n) is 19.5. The Labute approximate surface area is 342 Å². The first-order chi connectivity index (χ1) is 29.2. The molecule has 0 aliphatic heterocycles. The second kappa shape index (κ2) is 13.4. The summed E-state index contributed by atoms with van der Waals surface area (Å²) in [6.45, 7) is 0. The zero-order valence-electron chi connectivity index (χ0n) is 31.5. The van der Waals surface area contributed by atoms with E-state index in [1.54, 1.807) is 11.3 Å². The van der Waals surface area contributed by atoms with Crippen molar-refractivity contribution < 1.29 is 4.42 Å². The summed E-state index contributed by atoms with van der Waals surface area (Å²) in [6.07, 6.45) is 0. The van der Waals surface area contributed by atoms with Crippen LogP contribution in [-0.2, 0) is 0 Å². The van der Waals surface area contributed by atoms with Gasteiger partial charge in [0.15, 0.2) is 17.5 Å². The van der Waals surface area contributed by atoms with Crippen LogP contribution in [0.4, 0.5) is 0 Å². The first-order valence-corrected chi connectivity index (χ1v) is 20.4. The number of nitrogens with zero attached hydrogens (tertiary/aromatic N) is 5. The van der Waals surface area contributed by atoms with Crippen molar-refractivity contribution in [1.82, 2.24) is 24.5 Å². The van der Waals surface area contributed by atoms with Crippen molar-refractivity contribution in [2.24, 2.45) is 0 Å². The van der Waals surface area contributed by atoms with Gasteiger partial charge in [0.05, 0.1) is 21.3 Å². The molecule has 0 saturated heterocycles. The van der Waals surface area contributed by atoms with Gasteiger partial charge in [0.1, 0.15) is 16.2 Å². The van der Waals surface area contributed by atoms with Crippen molar-refractivity contribution in [3.8, 4) is 61.5 Å². The number of rotatable bonds is 6. The molecule has 8 aromatic carbocycles. The number of fused-ring (bicyclic) bond motifs is 7. The molecule has 4 heterocycles. The van der Waals surface area contributed by atoms with Gasteiger partial charge in [-0.3, -0.25) is 0 Å². The molecule has 12 aromatic rings. The lowest BCUT2D eigenvalue weighted by molar-refractivity contribution is 0.670. The highest BCUT2D eigenvalue weighted by Crippen LogP contribution is 2.40. The number of benzene rings is 8. The summed E-state index contributed by atoms with van der Waals surface area (Å²) in [5.74, 6) is 1.91. The molecule has 0 unspecified atom stereocenters. The molecule has 0 radical (unpaired) electrons. The topological polar surface area (TPSA) is 69.6 Å². The van der Waals surface area contributed by atoms with Crippen LogP contribution in [0, 0.1) is 0 Å². The van der Waals surface area contributed by atoms with Crippen molar-refractivity contribution >= 4 is 65.3 Å². The van der Waals surface area contributed by atoms with Gasteiger partial charge in [0.25, 0.3) is 0 Å². The zero-order valence-corrected chi connectivity index (χ0v) is 32.3. The van der Waals surface area contributed by atoms with E-state index < -0.39 is 0 Å². The molecule has 0 N–H and O–H groups in total. The van der Waals surface area contributed by atoms with Gasteiger partial charge >= 0.3 is 0 Å². The van der Waals surface area contributed by atoms with E-state index >= 15 is 0 Å². The number of para-hydroxylation sites is 3. The summed E-state index contributed by atoms with van der Waals surface area (Å²) < 4.78 is 9.85. The standard InChI is InChI=1S/C52H31N5OS/c1-3-12-32(13-4-1)49-54-50(33-14-5-2-6-15-33)56-51(55-49)36-24-28-43-47(31-36)59-52(53-43)34-22-26-37(27-23-34)57-44-20-9-7-16-39(44)42-30-35(25-29-45(42)57)38-18-11-19-41-40-17-8-10-21-46(40)58-48(38)41/h1-31H. The van der Waals surface area contributed by atoms with Crippen LogP contribution < -0.4 is 0 Å². The smallest absolute Gasteiger partial charge is 0.164 e. The SMILES string of the molecule is c1ccc(-c2nc(-c3ccccc3)nc(-c3ccc4nc(-c5ccc(-n6c7ccccc7c7cc(-c8cccc9c8oc8ccccc89)ccc76)cc5)sc4c3)n2)cc1. The van der Waals surface area contributed by atoms with Crippen molar-refractivity contribution in [3.05, 3.63) is 188 Å². The molecule has 0 spiro atoms. The van der Waals surface area contributed by atoms with E-state index in [-0.39, 0.29) is 0 Å². The molecule has 0 fully saturated rings. The van der Waals surface area contributed by atoms with Crippen LogP contribution in [0.5, 0.6) is 0 Å². The Morgan fingerprint density at radius 2 is 1.02 bits per heavy atom. The summed E-state index contributed by atoms with van der Waals surface area (Å²) >= 11 is 1.67. The largest absolute Gasteiger partial charge is 0.455 e. The van der Waals surface area contributed by atoms with Crippen LogP contribution in [0.15, 0.2) is 192 Å². The monoisotopic (exact) mass is 773 g/mol. The van der Waals surface area contributed by atoms with Gasteiger partial charge in [-0.25, -0.2) is 19.9 Å². The second-order valence-electron chi connectivity index (χ2n) is 14.7. The molecule has 59 heavy (non-hydrogen) atoms. The maximum absolute atomic E-state index is 6.43. The van der Waals surface area contributed by atoms with E-state index in [0.717, 1.165) is 87.3 Å². The van der Waals surface area contributed by atoms with E-state index in [0.29, 0.717) is 17.5 Å². The average Bonchev–Trinajstić information content (AvgIpc) is 4.01. The third-order valence-corrected chi connectivity index (χ3v) is 12.2. The highest BCUT2D eigenvalue weighted by atomic mass is 32.1. The third-order valence-electron chi connectivity index (χ3n) is 11.1. The minimum Gasteiger partial charge on any atom is -0.455 e. The number of hydrogen-bond donors (Lipinski definition) is 0. The molecule has 0 aliphatic carbocycles. The molecule has 4 aromatic heterocycles. The van der Waals surface area contributed by atoms with Gasteiger partial charge in [-0.05, 0) is 72.3 Å². The normalized spacial score (nSPS) is 11.7.